The van der Waals surface area contributed by atoms with Gasteiger partial charge in [0.2, 0.25) is 10.0 Å². The summed E-state index contributed by atoms with van der Waals surface area (Å²) in [4.78, 5) is 4.25. The smallest absolute Gasteiger partial charge is 0.243 e. The van der Waals surface area contributed by atoms with E-state index in [1.54, 1.807) is 7.05 Å². The molecule has 1 N–H and O–H groups in total. The lowest BCUT2D eigenvalue weighted by Crippen LogP contribution is -2.34. The van der Waals surface area contributed by atoms with Crippen LogP contribution < -0.4 is 5.32 Å². The highest BCUT2D eigenvalue weighted by Gasteiger charge is 2.23. The van der Waals surface area contributed by atoms with E-state index in [0.717, 1.165) is 0 Å². The second-order valence-electron chi connectivity index (χ2n) is 3.82. The summed E-state index contributed by atoms with van der Waals surface area (Å²) in [5.74, 6) is 0.530. The van der Waals surface area contributed by atoms with Gasteiger partial charge in [-0.25, -0.2) is 13.4 Å². The molecule has 0 radical (unpaired) electrons. The fourth-order valence-electron chi connectivity index (χ4n) is 1.62. The molecule has 0 amide bonds. The molecule has 0 aliphatic rings. The van der Waals surface area contributed by atoms with Crippen LogP contribution in [0.5, 0.6) is 0 Å². The van der Waals surface area contributed by atoms with E-state index in [1.807, 2.05) is 13.8 Å². The number of likely N-dealkylation sites (N-methyl/N-ethyl adjacent to an activating group) is 1. The average molecular weight is 287 g/mol. The van der Waals surface area contributed by atoms with Gasteiger partial charge in [-0.1, -0.05) is 6.92 Å². The standard InChI is InChI=1S/C12H21N3O3S/c1-4-15(8-9-18-5-2)19(16,17)11-6-7-14-12(10-11)13-3/h6-7,10H,4-5,8-9H2,1-3H3,(H,13,14). The van der Waals surface area contributed by atoms with Crippen molar-refractivity contribution in [2.75, 3.05) is 38.7 Å². The number of rotatable bonds is 8. The highest BCUT2D eigenvalue weighted by atomic mass is 32.2. The molecule has 0 saturated heterocycles. The van der Waals surface area contributed by atoms with Crippen molar-refractivity contribution >= 4 is 15.8 Å². The van der Waals surface area contributed by atoms with Crippen molar-refractivity contribution in [2.24, 2.45) is 0 Å². The van der Waals surface area contributed by atoms with Crippen LogP contribution in [-0.2, 0) is 14.8 Å². The molecule has 0 aliphatic carbocycles. The van der Waals surface area contributed by atoms with Gasteiger partial charge in [0.15, 0.2) is 0 Å². The number of hydrogen-bond acceptors (Lipinski definition) is 5. The van der Waals surface area contributed by atoms with Gasteiger partial charge < -0.3 is 10.1 Å². The Hall–Kier alpha value is -1.18. The molecule has 1 heterocycles. The lowest BCUT2D eigenvalue weighted by Gasteiger charge is -2.20. The quantitative estimate of drug-likeness (QED) is 0.727. The molecule has 0 aromatic carbocycles. The number of sulfonamides is 1. The van der Waals surface area contributed by atoms with E-state index in [0.29, 0.717) is 32.1 Å². The van der Waals surface area contributed by atoms with Crippen LogP contribution in [0.15, 0.2) is 23.2 Å². The van der Waals surface area contributed by atoms with E-state index < -0.39 is 10.0 Å². The van der Waals surface area contributed by atoms with Gasteiger partial charge in [0, 0.05) is 39.0 Å². The van der Waals surface area contributed by atoms with Gasteiger partial charge in [0.05, 0.1) is 11.5 Å². The normalized spacial score (nSPS) is 11.8. The van der Waals surface area contributed by atoms with Gasteiger partial charge in [-0.05, 0) is 13.0 Å². The minimum Gasteiger partial charge on any atom is -0.380 e. The summed E-state index contributed by atoms with van der Waals surface area (Å²) in [5, 5.41) is 2.83. The summed E-state index contributed by atoms with van der Waals surface area (Å²) in [6.45, 7) is 5.43. The van der Waals surface area contributed by atoms with E-state index in [1.165, 1.54) is 22.6 Å². The average Bonchev–Trinajstić information content (AvgIpc) is 2.43. The van der Waals surface area contributed by atoms with E-state index in [9.17, 15) is 8.42 Å². The van der Waals surface area contributed by atoms with Crippen molar-refractivity contribution in [3.05, 3.63) is 18.3 Å². The number of ether oxygens (including phenoxy) is 1. The first-order valence-electron chi connectivity index (χ1n) is 6.28. The van der Waals surface area contributed by atoms with Crippen molar-refractivity contribution in [3.8, 4) is 0 Å². The third kappa shape index (κ3) is 4.15. The fourth-order valence-corrected chi connectivity index (χ4v) is 3.06. The van der Waals surface area contributed by atoms with Crippen molar-refractivity contribution in [2.45, 2.75) is 18.7 Å². The first-order valence-corrected chi connectivity index (χ1v) is 7.72. The van der Waals surface area contributed by atoms with Crippen LogP contribution in [0.25, 0.3) is 0 Å². The van der Waals surface area contributed by atoms with Crippen LogP contribution in [0.1, 0.15) is 13.8 Å². The monoisotopic (exact) mass is 287 g/mol. The SMILES string of the molecule is CCOCCN(CC)S(=O)(=O)c1ccnc(NC)c1. The maximum Gasteiger partial charge on any atom is 0.243 e. The van der Waals surface area contributed by atoms with Gasteiger partial charge in [0.25, 0.3) is 0 Å². The Bertz CT molecular complexity index is 491. The van der Waals surface area contributed by atoms with Gasteiger partial charge in [-0.2, -0.15) is 4.31 Å². The molecule has 1 aromatic rings. The van der Waals surface area contributed by atoms with Gasteiger partial charge in [-0.15, -0.1) is 0 Å². The van der Waals surface area contributed by atoms with Crippen LogP contribution in [0.3, 0.4) is 0 Å². The first-order chi connectivity index (χ1) is 9.06. The Labute approximate surface area is 114 Å². The number of pyridine rings is 1. The maximum atomic E-state index is 12.4. The Morgan fingerprint density at radius 1 is 1.42 bits per heavy atom. The van der Waals surface area contributed by atoms with Crippen molar-refractivity contribution in [3.63, 3.8) is 0 Å². The van der Waals surface area contributed by atoms with Crippen LogP contribution in [0.4, 0.5) is 5.82 Å². The summed E-state index contributed by atoms with van der Waals surface area (Å²) in [5.41, 5.74) is 0. The van der Waals surface area contributed by atoms with E-state index in [4.69, 9.17) is 4.74 Å². The zero-order valence-corrected chi connectivity index (χ0v) is 12.4. The van der Waals surface area contributed by atoms with Gasteiger partial charge in [-0.3, -0.25) is 0 Å². The third-order valence-corrected chi connectivity index (χ3v) is 4.64. The summed E-state index contributed by atoms with van der Waals surface area (Å²) in [7, 11) is -1.79. The number of hydrogen-bond donors (Lipinski definition) is 1. The van der Waals surface area contributed by atoms with E-state index in [-0.39, 0.29) is 4.90 Å². The number of nitrogens with zero attached hydrogens (tertiary/aromatic N) is 2. The molecular formula is C12H21N3O3S. The maximum absolute atomic E-state index is 12.4. The van der Waals surface area contributed by atoms with E-state index >= 15 is 0 Å². The Morgan fingerprint density at radius 2 is 2.16 bits per heavy atom. The third-order valence-electron chi connectivity index (χ3n) is 2.67. The molecule has 1 rings (SSSR count). The lowest BCUT2D eigenvalue weighted by molar-refractivity contribution is 0.135. The minimum absolute atomic E-state index is 0.241. The molecule has 0 atom stereocenters. The number of anilines is 1. The van der Waals surface area contributed by atoms with Crippen LogP contribution in [0.2, 0.25) is 0 Å². The molecule has 0 unspecified atom stereocenters. The molecular weight excluding hydrogens is 266 g/mol. The zero-order chi connectivity index (χ0) is 14.3. The van der Waals surface area contributed by atoms with Gasteiger partial charge >= 0.3 is 0 Å². The molecule has 6 nitrogen and oxygen atoms in total. The first kappa shape index (κ1) is 15.9. The summed E-state index contributed by atoms with van der Waals surface area (Å²) < 4.78 is 31.5. The molecule has 0 bridgehead atoms. The highest BCUT2D eigenvalue weighted by molar-refractivity contribution is 7.89. The zero-order valence-electron chi connectivity index (χ0n) is 11.6. The number of aromatic nitrogens is 1. The van der Waals surface area contributed by atoms with Crippen molar-refractivity contribution in [1.82, 2.24) is 9.29 Å². The topological polar surface area (TPSA) is 71.5 Å². The molecule has 0 aliphatic heterocycles. The summed E-state index contributed by atoms with van der Waals surface area (Å²) in [6, 6.07) is 3.03. The fraction of sp³-hybridized carbons (Fsp3) is 0.583. The molecule has 19 heavy (non-hydrogen) atoms. The Kier molecular flexibility index (Phi) is 6.20. The number of nitrogens with one attached hydrogen (secondary N) is 1. The van der Waals surface area contributed by atoms with Crippen LogP contribution >= 0.6 is 0 Å². The highest BCUT2D eigenvalue weighted by Crippen LogP contribution is 2.17. The predicted molar refractivity (Wildman–Crippen MR) is 74.7 cm³/mol. The molecule has 7 heteroatoms. The largest absolute Gasteiger partial charge is 0.380 e. The molecule has 0 spiro atoms. The molecule has 0 saturated carbocycles. The molecule has 108 valence electrons. The molecule has 1 aromatic heterocycles. The molecule has 0 fully saturated rings. The Balaban J connectivity index is 2.92. The summed E-state index contributed by atoms with van der Waals surface area (Å²) in [6.07, 6.45) is 1.48. The predicted octanol–water partition coefficient (Wildman–Crippen LogP) is 1.17. The second-order valence-corrected chi connectivity index (χ2v) is 5.76. The van der Waals surface area contributed by atoms with E-state index in [2.05, 4.69) is 10.3 Å². The van der Waals surface area contributed by atoms with Crippen molar-refractivity contribution < 1.29 is 13.2 Å². The van der Waals surface area contributed by atoms with Crippen molar-refractivity contribution in [1.29, 1.82) is 0 Å². The van der Waals surface area contributed by atoms with Gasteiger partial charge in [0.1, 0.15) is 5.82 Å². The second kappa shape index (κ2) is 7.42. The lowest BCUT2D eigenvalue weighted by atomic mass is 10.5. The summed E-state index contributed by atoms with van der Waals surface area (Å²) >= 11 is 0. The van der Waals surface area contributed by atoms with Crippen LogP contribution in [-0.4, -0.2) is 51.1 Å². The Morgan fingerprint density at radius 3 is 2.74 bits per heavy atom. The van der Waals surface area contributed by atoms with Crippen LogP contribution in [0, 0.1) is 0 Å². The minimum atomic E-state index is -3.49.